The van der Waals surface area contributed by atoms with Crippen LogP contribution in [-0.4, -0.2) is 55.9 Å². The average molecular weight is 738 g/mol. The smallest absolute Gasteiger partial charge is 0.200 e. The zero-order valence-corrected chi connectivity index (χ0v) is 33.8. The van der Waals surface area contributed by atoms with Gasteiger partial charge in [-0.05, 0) is 63.8 Å². The number of aliphatic hydroxyl groups is 1. The minimum atomic E-state index is -0.625. The molecular weight excluding hydrogens is 675 g/mol. The zero-order chi connectivity index (χ0) is 38.7. The normalized spacial score (nSPS) is 18.7. The maximum atomic E-state index is 11.4. The minimum Gasteiger partial charge on any atom is -0.507 e. The Balaban J connectivity index is 1.26. The number of aliphatic hydroxyl groups excluding tert-OH is 1. The molecule has 3 aromatic carbocycles. The lowest BCUT2D eigenvalue weighted by Crippen LogP contribution is -2.65. The summed E-state index contributed by atoms with van der Waals surface area (Å²) in [6.45, 7) is 15.2. The molecule has 0 spiro atoms. The van der Waals surface area contributed by atoms with Crippen LogP contribution in [0.25, 0.3) is 34.2 Å². The molecule has 0 radical (unpaired) electrons. The molecule has 54 heavy (non-hydrogen) atoms. The first-order chi connectivity index (χ1) is 26.1. The highest BCUT2D eigenvalue weighted by Crippen LogP contribution is 2.43. The monoisotopic (exact) mass is 737 g/mol. The van der Waals surface area contributed by atoms with Crippen LogP contribution in [0.15, 0.2) is 54.6 Å². The van der Waals surface area contributed by atoms with Gasteiger partial charge in [0.1, 0.15) is 23.2 Å². The summed E-state index contributed by atoms with van der Waals surface area (Å²) in [5, 5.41) is 22.1. The van der Waals surface area contributed by atoms with Crippen molar-refractivity contribution in [3.8, 4) is 45.7 Å². The summed E-state index contributed by atoms with van der Waals surface area (Å²) >= 11 is 0. The van der Waals surface area contributed by atoms with Crippen molar-refractivity contribution in [2.75, 3.05) is 6.61 Å². The number of ether oxygens (including phenoxy) is 3. The Hall–Kier alpha value is -3.85. The van der Waals surface area contributed by atoms with Crippen LogP contribution in [-0.2, 0) is 9.47 Å². The average Bonchev–Trinajstić information content (AvgIpc) is 3.14. The fourth-order valence-corrected chi connectivity index (χ4v) is 7.62. The Bertz CT molecular complexity index is 1740. The van der Waals surface area contributed by atoms with Gasteiger partial charge in [-0.3, -0.25) is 0 Å². The second-order valence-electron chi connectivity index (χ2n) is 15.4. The van der Waals surface area contributed by atoms with Crippen molar-refractivity contribution in [2.45, 2.75) is 156 Å². The van der Waals surface area contributed by atoms with E-state index in [-0.39, 0.29) is 5.75 Å². The number of phenols is 1. The number of aromatic nitrogens is 3. The molecule has 0 aliphatic heterocycles. The van der Waals surface area contributed by atoms with Crippen LogP contribution in [0.3, 0.4) is 0 Å². The standard InChI is InChI=1S/C46H63N3O5/c1-8-11-12-13-14-15-16-17-18-19-26-52-42-40(51)30-46(42,10-3)54-41(9-2)53-35-22-25-38(39(50)29-35)45-48-43(36-23-20-31(4)27-33(36)6)47-44(49-45)37-24-21-32(5)28-34(37)7/h20-25,27-29,40-42,50-51H,8-19,26,30H2,1-7H3. The first-order valence-corrected chi connectivity index (χ1v) is 20.5. The third kappa shape index (κ3) is 10.5. The lowest BCUT2D eigenvalue weighted by atomic mass is 9.72. The van der Waals surface area contributed by atoms with Gasteiger partial charge >= 0.3 is 0 Å². The van der Waals surface area contributed by atoms with Gasteiger partial charge in [0.25, 0.3) is 0 Å². The van der Waals surface area contributed by atoms with Crippen LogP contribution in [0, 0.1) is 27.7 Å². The fourth-order valence-electron chi connectivity index (χ4n) is 7.62. The topological polar surface area (TPSA) is 107 Å². The molecule has 1 fully saturated rings. The van der Waals surface area contributed by atoms with Gasteiger partial charge < -0.3 is 24.4 Å². The first kappa shape index (κ1) is 41.3. The number of aryl methyl sites for hydroxylation is 4. The number of hydrogen-bond donors (Lipinski definition) is 2. The molecule has 4 unspecified atom stereocenters. The van der Waals surface area contributed by atoms with Crippen molar-refractivity contribution in [3.05, 3.63) is 76.9 Å². The molecule has 1 heterocycles. The van der Waals surface area contributed by atoms with Crippen LogP contribution < -0.4 is 4.74 Å². The lowest BCUT2D eigenvalue weighted by molar-refractivity contribution is -0.296. The third-order valence-electron chi connectivity index (χ3n) is 10.9. The third-order valence-corrected chi connectivity index (χ3v) is 10.9. The molecule has 5 rings (SSSR count). The van der Waals surface area contributed by atoms with Crippen molar-refractivity contribution >= 4 is 0 Å². The van der Waals surface area contributed by atoms with Gasteiger partial charge in [-0.15, -0.1) is 0 Å². The predicted octanol–water partition coefficient (Wildman–Crippen LogP) is 11.2. The van der Waals surface area contributed by atoms with E-state index < -0.39 is 24.1 Å². The van der Waals surface area contributed by atoms with E-state index in [0.717, 1.165) is 46.2 Å². The van der Waals surface area contributed by atoms with Crippen LogP contribution >= 0.6 is 0 Å². The summed E-state index contributed by atoms with van der Waals surface area (Å²) < 4.78 is 19.2. The number of nitrogens with zero attached hydrogens (tertiary/aromatic N) is 3. The molecule has 4 aromatic rings. The number of aromatic hydroxyl groups is 1. The molecule has 1 aliphatic rings. The van der Waals surface area contributed by atoms with Gasteiger partial charge in [0.05, 0.1) is 11.7 Å². The molecule has 1 saturated carbocycles. The molecule has 0 saturated heterocycles. The van der Waals surface area contributed by atoms with Gasteiger partial charge in [-0.1, -0.05) is 126 Å². The van der Waals surface area contributed by atoms with Gasteiger partial charge in [0.15, 0.2) is 23.8 Å². The van der Waals surface area contributed by atoms with E-state index >= 15 is 0 Å². The van der Waals surface area contributed by atoms with E-state index in [4.69, 9.17) is 29.2 Å². The molecule has 2 N–H and O–H groups in total. The molecule has 0 amide bonds. The molecule has 8 nitrogen and oxygen atoms in total. The number of unbranched alkanes of at least 4 members (excludes halogenated alkanes) is 9. The Morgan fingerprint density at radius 1 is 0.685 bits per heavy atom. The molecule has 292 valence electrons. The Kier molecular flexibility index (Phi) is 15.0. The summed E-state index contributed by atoms with van der Waals surface area (Å²) in [6.07, 6.45) is 12.9. The van der Waals surface area contributed by atoms with Crippen molar-refractivity contribution in [1.82, 2.24) is 15.0 Å². The Labute approximate surface area is 323 Å². The van der Waals surface area contributed by atoms with E-state index in [1.165, 1.54) is 51.4 Å². The van der Waals surface area contributed by atoms with Crippen molar-refractivity contribution in [2.24, 2.45) is 0 Å². The van der Waals surface area contributed by atoms with Gasteiger partial charge in [0, 0.05) is 36.6 Å². The van der Waals surface area contributed by atoms with Crippen LogP contribution in [0.4, 0.5) is 0 Å². The second-order valence-corrected chi connectivity index (χ2v) is 15.4. The van der Waals surface area contributed by atoms with Crippen LogP contribution in [0.1, 0.15) is 126 Å². The molecule has 0 bridgehead atoms. The first-order valence-electron chi connectivity index (χ1n) is 20.5. The zero-order valence-electron chi connectivity index (χ0n) is 33.8. The van der Waals surface area contributed by atoms with Crippen LogP contribution in [0.2, 0.25) is 0 Å². The van der Waals surface area contributed by atoms with Gasteiger partial charge in [0.2, 0.25) is 0 Å². The van der Waals surface area contributed by atoms with Crippen LogP contribution in [0.5, 0.6) is 11.5 Å². The maximum Gasteiger partial charge on any atom is 0.200 e. The van der Waals surface area contributed by atoms with Gasteiger partial charge in [-0.2, -0.15) is 0 Å². The van der Waals surface area contributed by atoms with Crippen molar-refractivity contribution in [1.29, 1.82) is 0 Å². The summed E-state index contributed by atoms with van der Waals surface area (Å²) in [5.74, 6) is 1.93. The predicted molar refractivity (Wildman–Crippen MR) is 218 cm³/mol. The second kappa shape index (κ2) is 19.7. The summed E-state index contributed by atoms with van der Waals surface area (Å²) in [6, 6.07) is 17.6. The SMILES string of the molecule is CCCCCCCCCCCCOC1C(O)CC1(CC)OC(CC)Oc1ccc(-c2nc(-c3ccc(C)cc3C)nc(-c3ccc(C)cc3C)n2)c(O)c1. The molecule has 4 atom stereocenters. The minimum absolute atomic E-state index is 0.00585. The summed E-state index contributed by atoms with van der Waals surface area (Å²) in [5.41, 5.74) is 6.12. The number of rotatable bonds is 21. The largest absolute Gasteiger partial charge is 0.507 e. The molecule has 1 aliphatic carbocycles. The Morgan fingerprint density at radius 2 is 1.20 bits per heavy atom. The Morgan fingerprint density at radius 3 is 1.69 bits per heavy atom. The molecular formula is C46H63N3O5. The highest BCUT2D eigenvalue weighted by Gasteiger charge is 2.55. The van der Waals surface area contributed by atoms with E-state index in [1.54, 1.807) is 12.1 Å². The van der Waals surface area contributed by atoms with Crippen molar-refractivity contribution < 1.29 is 24.4 Å². The lowest BCUT2D eigenvalue weighted by Gasteiger charge is -2.52. The quantitative estimate of drug-likeness (QED) is 0.0643. The molecule has 1 aromatic heterocycles. The maximum absolute atomic E-state index is 11.4. The summed E-state index contributed by atoms with van der Waals surface area (Å²) in [4.78, 5) is 14.7. The van der Waals surface area contributed by atoms with Crippen molar-refractivity contribution in [3.63, 3.8) is 0 Å². The van der Waals surface area contributed by atoms with E-state index in [1.807, 2.05) is 25.1 Å². The van der Waals surface area contributed by atoms with E-state index in [2.05, 4.69) is 65.8 Å². The van der Waals surface area contributed by atoms with E-state index in [9.17, 15) is 10.2 Å². The number of phenolic OH excluding ortho intramolecular Hbond substituents is 1. The molecule has 8 heteroatoms. The summed E-state index contributed by atoms with van der Waals surface area (Å²) in [7, 11) is 0. The fraction of sp³-hybridized carbons (Fsp3) is 0.543. The van der Waals surface area contributed by atoms with Gasteiger partial charge in [-0.25, -0.2) is 15.0 Å². The van der Waals surface area contributed by atoms with E-state index in [0.29, 0.717) is 54.7 Å². The highest BCUT2D eigenvalue weighted by molar-refractivity contribution is 5.72. The number of benzene rings is 3. The highest BCUT2D eigenvalue weighted by atomic mass is 16.7. The number of hydrogen-bond acceptors (Lipinski definition) is 8.